The largest absolute Gasteiger partial charge is 0.379 e. The Balaban J connectivity index is 1.64. The van der Waals surface area contributed by atoms with Gasteiger partial charge in [-0.15, -0.1) is 0 Å². The normalized spacial score (nSPS) is 17.5. The number of nitrogens with zero attached hydrogens (tertiary/aromatic N) is 3. The molecule has 0 unspecified atom stereocenters. The molecule has 0 amide bonds. The summed E-state index contributed by atoms with van der Waals surface area (Å²) in [6.45, 7) is 10.4. The van der Waals surface area contributed by atoms with Gasteiger partial charge in [0.1, 0.15) is 0 Å². The van der Waals surface area contributed by atoms with Crippen LogP contribution in [0.5, 0.6) is 0 Å². The SMILES string of the molecule is Cc1n[c]n(CCCCN2CCOCC2)c1C. The first-order chi connectivity index (χ1) is 8.27. The molecule has 0 aliphatic carbocycles. The van der Waals surface area contributed by atoms with Crippen molar-refractivity contribution in [1.82, 2.24) is 14.5 Å². The van der Waals surface area contributed by atoms with Crippen LogP contribution in [-0.4, -0.2) is 47.3 Å². The van der Waals surface area contributed by atoms with E-state index in [1.165, 1.54) is 25.1 Å². The van der Waals surface area contributed by atoms with Gasteiger partial charge < -0.3 is 9.30 Å². The summed E-state index contributed by atoms with van der Waals surface area (Å²) in [6.07, 6.45) is 5.48. The van der Waals surface area contributed by atoms with Gasteiger partial charge in [-0.2, -0.15) is 0 Å². The smallest absolute Gasteiger partial charge is 0.176 e. The number of unbranched alkanes of at least 4 members (excludes halogenated alkanes) is 1. The lowest BCUT2D eigenvalue weighted by atomic mass is 10.2. The summed E-state index contributed by atoms with van der Waals surface area (Å²) in [7, 11) is 0. The molecule has 95 valence electrons. The molecule has 0 bridgehead atoms. The van der Waals surface area contributed by atoms with Gasteiger partial charge in [0.15, 0.2) is 6.33 Å². The highest BCUT2D eigenvalue weighted by Crippen LogP contribution is 2.06. The number of hydrogen-bond acceptors (Lipinski definition) is 3. The fourth-order valence-corrected chi connectivity index (χ4v) is 2.13. The van der Waals surface area contributed by atoms with Gasteiger partial charge in [0.2, 0.25) is 0 Å². The van der Waals surface area contributed by atoms with Crippen LogP contribution in [0.4, 0.5) is 0 Å². The quantitative estimate of drug-likeness (QED) is 0.724. The zero-order valence-corrected chi connectivity index (χ0v) is 10.9. The molecule has 1 saturated heterocycles. The Hall–Kier alpha value is -0.870. The van der Waals surface area contributed by atoms with Gasteiger partial charge in [-0.3, -0.25) is 4.90 Å². The Labute approximate surface area is 104 Å². The van der Waals surface area contributed by atoms with Gasteiger partial charge in [0.25, 0.3) is 0 Å². The predicted octanol–water partition coefficient (Wildman–Crippen LogP) is 1.41. The van der Waals surface area contributed by atoms with Crippen molar-refractivity contribution in [3.8, 4) is 0 Å². The number of rotatable bonds is 5. The number of ether oxygens (including phenoxy) is 1. The van der Waals surface area contributed by atoms with Crippen LogP contribution >= 0.6 is 0 Å². The molecule has 1 aliphatic heterocycles. The maximum atomic E-state index is 5.33. The number of imidazole rings is 1. The molecule has 17 heavy (non-hydrogen) atoms. The molecule has 1 radical (unpaired) electrons. The molecule has 4 nitrogen and oxygen atoms in total. The lowest BCUT2D eigenvalue weighted by molar-refractivity contribution is 0.0370. The molecule has 0 saturated carbocycles. The highest BCUT2D eigenvalue weighted by molar-refractivity contribution is 5.07. The van der Waals surface area contributed by atoms with E-state index in [0.29, 0.717) is 0 Å². The molecule has 0 atom stereocenters. The molecule has 0 spiro atoms. The zero-order chi connectivity index (χ0) is 12.1. The van der Waals surface area contributed by atoms with E-state index >= 15 is 0 Å². The highest BCUT2D eigenvalue weighted by Gasteiger charge is 2.09. The first-order valence-corrected chi connectivity index (χ1v) is 6.49. The molecular weight excluding hydrogens is 214 g/mol. The molecule has 1 aromatic rings. The fourth-order valence-electron chi connectivity index (χ4n) is 2.13. The van der Waals surface area contributed by atoms with E-state index in [-0.39, 0.29) is 0 Å². The van der Waals surface area contributed by atoms with E-state index in [2.05, 4.69) is 27.7 Å². The molecule has 2 rings (SSSR count). The van der Waals surface area contributed by atoms with Crippen LogP contribution in [0, 0.1) is 20.2 Å². The second kappa shape index (κ2) is 6.17. The molecule has 2 heterocycles. The van der Waals surface area contributed by atoms with E-state index in [4.69, 9.17) is 4.74 Å². The van der Waals surface area contributed by atoms with E-state index < -0.39 is 0 Å². The van der Waals surface area contributed by atoms with Gasteiger partial charge in [0.05, 0.1) is 18.9 Å². The van der Waals surface area contributed by atoms with Crippen LogP contribution in [0.15, 0.2) is 0 Å². The molecule has 1 aliphatic rings. The van der Waals surface area contributed by atoms with Gasteiger partial charge in [0, 0.05) is 25.3 Å². The fraction of sp³-hybridized carbons (Fsp3) is 0.769. The van der Waals surface area contributed by atoms with E-state index in [1.807, 2.05) is 6.92 Å². The van der Waals surface area contributed by atoms with Gasteiger partial charge in [-0.05, 0) is 33.2 Å². The van der Waals surface area contributed by atoms with Crippen molar-refractivity contribution in [3.63, 3.8) is 0 Å². The van der Waals surface area contributed by atoms with E-state index in [0.717, 1.165) is 38.5 Å². The maximum absolute atomic E-state index is 5.33. The van der Waals surface area contributed by atoms with Gasteiger partial charge in [-0.25, -0.2) is 4.98 Å². The number of morpholine rings is 1. The lowest BCUT2D eigenvalue weighted by Gasteiger charge is -2.26. The van der Waals surface area contributed by atoms with Crippen LogP contribution in [0.25, 0.3) is 0 Å². The molecule has 0 N–H and O–H groups in total. The summed E-state index contributed by atoms with van der Waals surface area (Å²) in [4.78, 5) is 6.68. The van der Waals surface area contributed by atoms with Crippen LogP contribution < -0.4 is 0 Å². The van der Waals surface area contributed by atoms with Crippen LogP contribution in [-0.2, 0) is 11.3 Å². The standard InChI is InChI=1S/C13H22N3O/c1-12-13(2)16(11-14-12)6-4-3-5-15-7-9-17-10-8-15/h3-10H2,1-2H3. The van der Waals surface area contributed by atoms with Crippen molar-refractivity contribution in [2.45, 2.75) is 33.2 Å². The molecular formula is C13H22N3O. The minimum atomic E-state index is 0.896. The molecule has 1 fully saturated rings. The lowest BCUT2D eigenvalue weighted by Crippen LogP contribution is -2.36. The summed E-state index contributed by atoms with van der Waals surface area (Å²) in [6, 6.07) is 0. The van der Waals surface area contributed by atoms with Gasteiger partial charge >= 0.3 is 0 Å². The third-order valence-corrected chi connectivity index (χ3v) is 3.48. The summed E-state index contributed by atoms with van der Waals surface area (Å²) in [5.74, 6) is 0. The number of aryl methyl sites for hydroxylation is 2. The third-order valence-electron chi connectivity index (χ3n) is 3.48. The van der Waals surface area contributed by atoms with Crippen molar-refractivity contribution >= 4 is 0 Å². The van der Waals surface area contributed by atoms with Crippen molar-refractivity contribution in [1.29, 1.82) is 0 Å². The topological polar surface area (TPSA) is 30.3 Å². The second-order valence-corrected chi connectivity index (χ2v) is 4.70. The van der Waals surface area contributed by atoms with Crippen LogP contribution in [0.3, 0.4) is 0 Å². The van der Waals surface area contributed by atoms with Crippen molar-refractivity contribution < 1.29 is 4.74 Å². The average Bonchev–Trinajstić information content (AvgIpc) is 2.67. The van der Waals surface area contributed by atoms with Crippen molar-refractivity contribution in [3.05, 3.63) is 17.7 Å². The predicted molar refractivity (Wildman–Crippen MR) is 67.0 cm³/mol. The Morgan fingerprint density at radius 1 is 1.18 bits per heavy atom. The Morgan fingerprint density at radius 2 is 1.88 bits per heavy atom. The van der Waals surface area contributed by atoms with E-state index in [9.17, 15) is 0 Å². The second-order valence-electron chi connectivity index (χ2n) is 4.70. The average molecular weight is 236 g/mol. The molecule has 1 aromatic heterocycles. The van der Waals surface area contributed by atoms with Crippen LogP contribution in [0.2, 0.25) is 0 Å². The monoisotopic (exact) mass is 236 g/mol. The molecule has 4 heteroatoms. The zero-order valence-electron chi connectivity index (χ0n) is 10.9. The van der Waals surface area contributed by atoms with E-state index in [1.54, 1.807) is 0 Å². The summed E-state index contributed by atoms with van der Waals surface area (Å²) in [5.41, 5.74) is 2.34. The summed E-state index contributed by atoms with van der Waals surface area (Å²) < 4.78 is 7.47. The Bertz CT molecular complexity index is 342. The van der Waals surface area contributed by atoms with Crippen molar-refractivity contribution in [2.75, 3.05) is 32.8 Å². The number of aromatic nitrogens is 2. The molecule has 0 aromatic carbocycles. The minimum Gasteiger partial charge on any atom is -0.379 e. The maximum Gasteiger partial charge on any atom is 0.176 e. The first-order valence-electron chi connectivity index (χ1n) is 6.49. The van der Waals surface area contributed by atoms with Crippen LogP contribution in [0.1, 0.15) is 24.2 Å². The number of hydrogen-bond donors (Lipinski definition) is 0. The first kappa shape index (κ1) is 12.6. The summed E-state index contributed by atoms with van der Waals surface area (Å²) in [5, 5.41) is 0. The minimum absolute atomic E-state index is 0.896. The van der Waals surface area contributed by atoms with Gasteiger partial charge in [-0.1, -0.05) is 0 Å². The Morgan fingerprint density at radius 3 is 2.53 bits per heavy atom. The van der Waals surface area contributed by atoms with Crippen molar-refractivity contribution in [2.24, 2.45) is 0 Å². The highest BCUT2D eigenvalue weighted by atomic mass is 16.5. The Kier molecular flexibility index (Phi) is 4.57. The third kappa shape index (κ3) is 3.54. The summed E-state index contributed by atoms with van der Waals surface area (Å²) >= 11 is 0.